The monoisotopic (exact) mass is 296 g/mol. The average molecular weight is 296 g/mol. The van der Waals surface area contributed by atoms with E-state index < -0.39 is 12.8 Å². The highest BCUT2D eigenvalue weighted by atomic mass is 31.2. The van der Waals surface area contributed by atoms with Crippen LogP contribution < -0.4 is 0 Å². The zero-order valence-electron chi connectivity index (χ0n) is 11.4. The van der Waals surface area contributed by atoms with Crippen LogP contribution in [0.4, 0.5) is 0 Å². The number of nitrogens with zero attached hydrogens (tertiary/aromatic N) is 2. The fraction of sp³-hybridized carbons (Fsp3) is 0.385. The quantitative estimate of drug-likeness (QED) is 0.823. The minimum absolute atomic E-state index is 0.00492. The zero-order chi connectivity index (χ0) is 14.8. The minimum Gasteiger partial charge on any atom is -0.419 e. The van der Waals surface area contributed by atoms with Gasteiger partial charge in [-0.15, -0.1) is 10.2 Å². The number of rotatable bonds is 5. The van der Waals surface area contributed by atoms with E-state index >= 15 is 0 Å². The lowest BCUT2D eigenvalue weighted by molar-refractivity contribution is 0.286. The Hall–Kier alpha value is -1.49. The molecule has 2 N–H and O–H groups in total. The van der Waals surface area contributed by atoms with Gasteiger partial charge in [-0.1, -0.05) is 32.0 Å². The standard InChI is InChI=1S/C13H17N2O4P/c1-3-13(4-2,20(16,17)18)12-15-14-11(19-12)10-8-6-5-7-9-10/h5-9H,3-4H2,1-2H3,(H2,16,17,18). The van der Waals surface area contributed by atoms with Crippen molar-refractivity contribution in [1.82, 2.24) is 10.2 Å². The second kappa shape index (κ2) is 5.48. The Kier molecular flexibility index (Phi) is 4.09. The van der Waals surface area contributed by atoms with Gasteiger partial charge in [-0.05, 0) is 25.0 Å². The summed E-state index contributed by atoms with van der Waals surface area (Å²) < 4.78 is 17.4. The first kappa shape index (κ1) is 14.9. The molecule has 0 radical (unpaired) electrons. The second-order valence-electron chi connectivity index (χ2n) is 4.56. The van der Waals surface area contributed by atoms with Gasteiger partial charge in [0.1, 0.15) is 5.16 Å². The van der Waals surface area contributed by atoms with E-state index in [0.29, 0.717) is 0 Å². The number of aromatic nitrogens is 2. The van der Waals surface area contributed by atoms with E-state index in [1.165, 1.54) is 0 Å². The molecule has 0 spiro atoms. The molecule has 1 heterocycles. The van der Waals surface area contributed by atoms with Gasteiger partial charge in [0.15, 0.2) is 0 Å². The molecule has 0 unspecified atom stereocenters. The first-order chi connectivity index (χ1) is 9.44. The molecule has 0 bridgehead atoms. The van der Waals surface area contributed by atoms with E-state index in [1.807, 2.05) is 18.2 Å². The molecule has 6 nitrogen and oxygen atoms in total. The minimum atomic E-state index is -4.40. The molecule has 108 valence electrons. The van der Waals surface area contributed by atoms with E-state index in [1.54, 1.807) is 26.0 Å². The van der Waals surface area contributed by atoms with Crippen LogP contribution >= 0.6 is 7.60 Å². The number of hydrogen-bond donors (Lipinski definition) is 2. The smallest absolute Gasteiger partial charge is 0.340 e. The predicted molar refractivity (Wildman–Crippen MR) is 74.0 cm³/mol. The summed E-state index contributed by atoms with van der Waals surface area (Å²) in [7, 11) is -4.40. The SMILES string of the molecule is CCC(CC)(c1nnc(-c2ccccc2)o1)P(=O)(O)O. The highest BCUT2D eigenvalue weighted by Gasteiger charge is 2.50. The maximum atomic E-state index is 11.8. The summed E-state index contributed by atoms with van der Waals surface area (Å²) >= 11 is 0. The molecule has 2 aromatic rings. The molecule has 20 heavy (non-hydrogen) atoms. The van der Waals surface area contributed by atoms with Gasteiger partial charge >= 0.3 is 7.60 Å². The molecule has 0 saturated heterocycles. The van der Waals surface area contributed by atoms with Crippen LogP contribution in [0.3, 0.4) is 0 Å². The normalized spacial score (nSPS) is 12.6. The van der Waals surface area contributed by atoms with Crippen LogP contribution in [0.5, 0.6) is 0 Å². The van der Waals surface area contributed by atoms with Gasteiger partial charge in [-0.25, -0.2) is 0 Å². The molecule has 2 rings (SSSR count). The summed E-state index contributed by atoms with van der Waals surface area (Å²) in [5.41, 5.74) is 0.720. The molecule has 0 atom stereocenters. The van der Waals surface area contributed by atoms with Crippen LogP contribution in [0.15, 0.2) is 34.7 Å². The summed E-state index contributed by atoms with van der Waals surface area (Å²) in [6.07, 6.45) is 0.453. The molecule has 0 aliphatic rings. The van der Waals surface area contributed by atoms with Crippen molar-refractivity contribution in [1.29, 1.82) is 0 Å². The van der Waals surface area contributed by atoms with Gasteiger partial charge in [0.05, 0.1) is 0 Å². The summed E-state index contributed by atoms with van der Waals surface area (Å²) in [5, 5.41) is 6.36. The maximum Gasteiger partial charge on any atom is 0.340 e. The second-order valence-corrected chi connectivity index (χ2v) is 6.51. The van der Waals surface area contributed by atoms with Crippen LogP contribution in [0.25, 0.3) is 11.5 Å². The van der Waals surface area contributed by atoms with Crippen molar-refractivity contribution in [3.8, 4) is 11.5 Å². The zero-order valence-corrected chi connectivity index (χ0v) is 12.2. The van der Waals surface area contributed by atoms with Gasteiger partial charge in [0.2, 0.25) is 11.8 Å². The third-order valence-electron chi connectivity index (χ3n) is 3.57. The molecule has 0 aliphatic heterocycles. The Morgan fingerprint density at radius 3 is 2.25 bits per heavy atom. The molecular formula is C13H17N2O4P. The fourth-order valence-corrected chi connectivity index (χ4v) is 3.36. The third-order valence-corrected chi connectivity index (χ3v) is 5.51. The lowest BCUT2D eigenvalue weighted by atomic mass is 10.0. The first-order valence-electron chi connectivity index (χ1n) is 6.39. The topological polar surface area (TPSA) is 96.5 Å². The number of hydrogen-bond acceptors (Lipinski definition) is 4. The van der Waals surface area contributed by atoms with Crippen molar-refractivity contribution in [2.75, 3.05) is 0 Å². The van der Waals surface area contributed by atoms with Crippen LogP contribution in [0.1, 0.15) is 32.6 Å². The highest BCUT2D eigenvalue weighted by molar-refractivity contribution is 7.53. The van der Waals surface area contributed by atoms with Gasteiger partial charge in [0.25, 0.3) is 0 Å². The Bertz CT molecular complexity index is 616. The lowest BCUT2D eigenvalue weighted by Gasteiger charge is -2.28. The van der Waals surface area contributed by atoms with Crippen molar-refractivity contribution in [3.63, 3.8) is 0 Å². The van der Waals surface area contributed by atoms with Gasteiger partial charge in [0, 0.05) is 5.56 Å². The molecule has 1 aromatic heterocycles. The Labute approximate surface area is 117 Å². The Morgan fingerprint density at radius 1 is 1.15 bits per heavy atom. The van der Waals surface area contributed by atoms with Gasteiger partial charge in [-0.3, -0.25) is 4.57 Å². The van der Waals surface area contributed by atoms with E-state index in [4.69, 9.17) is 4.42 Å². The van der Waals surface area contributed by atoms with Crippen molar-refractivity contribution >= 4 is 7.60 Å². The van der Waals surface area contributed by atoms with E-state index in [-0.39, 0.29) is 24.6 Å². The van der Waals surface area contributed by atoms with E-state index in [2.05, 4.69) is 10.2 Å². The third kappa shape index (κ3) is 2.42. The Morgan fingerprint density at radius 2 is 1.75 bits per heavy atom. The van der Waals surface area contributed by atoms with Crippen LogP contribution in [0.2, 0.25) is 0 Å². The molecule has 0 fully saturated rings. The molecule has 0 amide bonds. The molecule has 7 heteroatoms. The highest BCUT2D eigenvalue weighted by Crippen LogP contribution is 2.60. The molecule has 0 saturated carbocycles. The van der Waals surface area contributed by atoms with E-state index in [9.17, 15) is 14.4 Å². The first-order valence-corrected chi connectivity index (χ1v) is 8.01. The van der Waals surface area contributed by atoms with Gasteiger partial charge < -0.3 is 14.2 Å². The number of benzene rings is 1. The van der Waals surface area contributed by atoms with Crippen LogP contribution in [-0.4, -0.2) is 20.0 Å². The fourth-order valence-electron chi connectivity index (χ4n) is 2.20. The van der Waals surface area contributed by atoms with E-state index in [0.717, 1.165) is 5.56 Å². The molecular weight excluding hydrogens is 279 g/mol. The van der Waals surface area contributed by atoms with Crippen molar-refractivity contribution in [3.05, 3.63) is 36.2 Å². The summed E-state index contributed by atoms with van der Waals surface area (Å²) in [5.74, 6) is 0.259. The summed E-state index contributed by atoms with van der Waals surface area (Å²) in [4.78, 5) is 19.3. The Balaban J connectivity index is 2.48. The average Bonchev–Trinajstić information content (AvgIpc) is 2.90. The van der Waals surface area contributed by atoms with Gasteiger partial charge in [-0.2, -0.15) is 0 Å². The van der Waals surface area contributed by atoms with Crippen LogP contribution in [0, 0.1) is 0 Å². The maximum absolute atomic E-state index is 11.8. The van der Waals surface area contributed by atoms with Crippen molar-refractivity contribution in [2.45, 2.75) is 31.8 Å². The molecule has 1 aromatic carbocycles. The summed E-state index contributed by atoms with van der Waals surface area (Å²) in [6, 6.07) is 9.12. The van der Waals surface area contributed by atoms with Crippen LogP contribution in [-0.2, 0) is 9.72 Å². The van der Waals surface area contributed by atoms with Crippen molar-refractivity contribution in [2.24, 2.45) is 0 Å². The summed E-state index contributed by atoms with van der Waals surface area (Å²) in [6.45, 7) is 3.41. The molecule has 0 aliphatic carbocycles. The lowest BCUT2D eigenvalue weighted by Crippen LogP contribution is -2.25. The van der Waals surface area contributed by atoms with Crippen molar-refractivity contribution < 1.29 is 18.8 Å². The largest absolute Gasteiger partial charge is 0.419 e. The predicted octanol–water partition coefficient (Wildman–Crippen LogP) is 2.93.